The normalized spacial score (nSPS) is 17.3. The van der Waals surface area contributed by atoms with E-state index in [1.807, 2.05) is 6.92 Å². The van der Waals surface area contributed by atoms with Crippen LogP contribution < -0.4 is 5.32 Å². The van der Waals surface area contributed by atoms with E-state index in [4.69, 9.17) is 8.61 Å². The SMILES string of the molecule is CN[C@H](C(=O)O)[C@H](O[Si](C)(C)C(C)(C)C)[C@H](C)CCOS(C)(=O)=O. The van der Waals surface area contributed by atoms with Gasteiger partial charge in [-0.3, -0.25) is 8.98 Å². The monoisotopic (exact) mass is 383 g/mol. The van der Waals surface area contributed by atoms with Crippen molar-refractivity contribution in [1.82, 2.24) is 5.32 Å². The highest BCUT2D eigenvalue weighted by atomic mass is 32.2. The van der Waals surface area contributed by atoms with Crippen LogP contribution in [0, 0.1) is 5.92 Å². The number of carboxylic acids is 1. The highest BCUT2D eigenvalue weighted by Crippen LogP contribution is 2.38. The lowest BCUT2D eigenvalue weighted by Gasteiger charge is -2.42. The first kappa shape index (κ1) is 23.5. The Morgan fingerprint density at radius 1 is 1.29 bits per heavy atom. The van der Waals surface area contributed by atoms with E-state index in [1.54, 1.807) is 7.05 Å². The molecule has 0 aromatic heterocycles. The number of hydrogen-bond acceptors (Lipinski definition) is 6. The molecule has 9 heteroatoms. The molecule has 24 heavy (non-hydrogen) atoms. The lowest BCUT2D eigenvalue weighted by Crippen LogP contribution is -2.55. The summed E-state index contributed by atoms with van der Waals surface area (Å²) < 4.78 is 33.3. The van der Waals surface area contributed by atoms with Crippen molar-refractivity contribution in [3.8, 4) is 0 Å². The summed E-state index contributed by atoms with van der Waals surface area (Å²) in [5, 5.41) is 12.2. The van der Waals surface area contributed by atoms with E-state index in [-0.39, 0.29) is 17.6 Å². The molecule has 0 heterocycles. The third-order valence-electron chi connectivity index (χ3n) is 4.57. The Kier molecular flexibility index (Phi) is 8.57. The van der Waals surface area contributed by atoms with Gasteiger partial charge >= 0.3 is 5.97 Å². The van der Waals surface area contributed by atoms with Crippen LogP contribution in [-0.2, 0) is 23.5 Å². The molecule has 0 rings (SSSR count). The molecule has 0 bridgehead atoms. The minimum Gasteiger partial charge on any atom is -0.480 e. The van der Waals surface area contributed by atoms with Gasteiger partial charge in [0.1, 0.15) is 6.04 Å². The molecule has 0 aromatic carbocycles. The summed E-state index contributed by atoms with van der Waals surface area (Å²) in [6.07, 6.45) is 0.809. The minimum absolute atomic E-state index is 0.00736. The quantitative estimate of drug-likeness (QED) is 0.440. The van der Waals surface area contributed by atoms with E-state index >= 15 is 0 Å². The van der Waals surface area contributed by atoms with Crippen LogP contribution >= 0.6 is 0 Å². The zero-order valence-corrected chi connectivity index (χ0v) is 17.9. The van der Waals surface area contributed by atoms with Crippen LogP contribution in [0.5, 0.6) is 0 Å². The van der Waals surface area contributed by atoms with Crippen molar-refractivity contribution in [2.24, 2.45) is 5.92 Å². The molecule has 0 aromatic rings. The fourth-order valence-corrected chi connectivity index (χ4v) is 3.81. The molecule has 144 valence electrons. The molecule has 3 atom stereocenters. The molecule has 7 nitrogen and oxygen atoms in total. The van der Waals surface area contributed by atoms with Gasteiger partial charge in [0.15, 0.2) is 8.32 Å². The molecule has 0 spiro atoms. The zero-order chi connectivity index (χ0) is 19.3. The Morgan fingerprint density at radius 3 is 2.12 bits per heavy atom. The number of rotatable bonds is 10. The van der Waals surface area contributed by atoms with Crippen LogP contribution in [0.4, 0.5) is 0 Å². The Balaban J connectivity index is 5.30. The van der Waals surface area contributed by atoms with E-state index in [9.17, 15) is 18.3 Å². The number of carboxylic acid groups (broad SMARTS) is 1. The maximum absolute atomic E-state index is 11.6. The van der Waals surface area contributed by atoms with Crippen LogP contribution in [-0.4, -0.2) is 59.9 Å². The second kappa shape index (κ2) is 8.75. The van der Waals surface area contributed by atoms with Crippen molar-refractivity contribution in [2.75, 3.05) is 19.9 Å². The molecule has 0 unspecified atom stereocenters. The highest BCUT2D eigenvalue weighted by Gasteiger charge is 2.43. The summed E-state index contributed by atoms with van der Waals surface area (Å²) in [6.45, 7) is 12.3. The van der Waals surface area contributed by atoms with Crippen LogP contribution in [0.3, 0.4) is 0 Å². The van der Waals surface area contributed by atoms with Crippen molar-refractivity contribution >= 4 is 24.4 Å². The average molecular weight is 384 g/mol. The van der Waals surface area contributed by atoms with Crippen LogP contribution in [0.25, 0.3) is 0 Å². The van der Waals surface area contributed by atoms with Gasteiger partial charge in [-0.05, 0) is 37.5 Å². The van der Waals surface area contributed by atoms with Crippen LogP contribution in [0.1, 0.15) is 34.1 Å². The van der Waals surface area contributed by atoms with Gasteiger partial charge in [-0.25, -0.2) is 0 Å². The van der Waals surface area contributed by atoms with E-state index in [2.05, 4.69) is 39.2 Å². The number of aliphatic carboxylic acids is 1. The third kappa shape index (κ3) is 7.60. The maximum Gasteiger partial charge on any atom is 0.323 e. The topological polar surface area (TPSA) is 102 Å². The summed E-state index contributed by atoms with van der Waals surface area (Å²) in [4.78, 5) is 11.6. The molecule has 0 saturated carbocycles. The van der Waals surface area contributed by atoms with Crippen LogP contribution in [0.15, 0.2) is 0 Å². The van der Waals surface area contributed by atoms with Crippen molar-refractivity contribution in [2.45, 2.75) is 64.4 Å². The van der Waals surface area contributed by atoms with Crippen LogP contribution in [0.2, 0.25) is 18.1 Å². The van der Waals surface area contributed by atoms with Crippen molar-refractivity contribution < 1.29 is 26.9 Å². The van der Waals surface area contributed by atoms with Gasteiger partial charge in [0.2, 0.25) is 0 Å². The highest BCUT2D eigenvalue weighted by molar-refractivity contribution is 7.85. The lowest BCUT2D eigenvalue weighted by atomic mass is 9.95. The molecule has 0 radical (unpaired) electrons. The van der Waals surface area contributed by atoms with Gasteiger partial charge in [0.05, 0.1) is 19.0 Å². The Morgan fingerprint density at radius 2 is 1.79 bits per heavy atom. The predicted octanol–water partition coefficient (Wildman–Crippen LogP) is 2.05. The predicted molar refractivity (Wildman–Crippen MR) is 97.1 cm³/mol. The first-order valence-electron chi connectivity index (χ1n) is 8.04. The molecule has 0 saturated heterocycles. The average Bonchev–Trinajstić information content (AvgIpc) is 2.34. The summed E-state index contributed by atoms with van der Waals surface area (Å²) >= 11 is 0. The van der Waals surface area contributed by atoms with Crippen molar-refractivity contribution in [3.63, 3.8) is 0 Å². The molecule has 2 N–H and O–H groups in total. The van der Waals surface area contributed by atoms with E-state index in [0.29, 0.717) is 6.42 Å². The summed E-state index contributed by atoms with van der Waals surface area (Å²) in [6, 6.07) is -0.868. The third-order valence-corrected chi connectivity index (χ3v) is 9.64. The van der Waals surface area contributed by atoms with Gasteiger partial charge in [0, 0.05) is 0 Å². The summed E-state index contributed by atoms with van der Waals surface area (Å²) in [5.74, 6) is -1.17. The smallest absolute Gasteiger partial charge is 0.323 e. The number of hydrogen-bond donors (Lipinski definition) is 2. The Labute approximate surface area is 147 Å². The molecule has 0 aliphatic rings. The minimum atomic E-state index is -3.51. The number of likely N-dealkylation sites (N-methyl/N-ethyl adjacent to an activating group) is 1. The van der Waals surface area contributed by atoms with E-state index < -0.39 is 36.6 Å². The molecule has 0 fully saturated rings. The maximum atomic E-state index is 11.6. The standard InChI is InChI=1S/C15H33NO6SSi/c1-11(9-10-21-23(6,19)20)13(12(16-5)14(17)18)22-24(7,8)15(2,3)4/h11-13,16H,9-10H2,1-8H3,(H,17,18)/t11-,12+,13-/m1/s1. The lowest BCUT2D eigenvalue weighted by molar-refractivity contribution is -0.143. The molecule has 0 aliphatic heterocycles. The molecule has 0 aliphatic carbocycles. The number of carbonyl (C=O) groups is 1. The summed E-state index contributed by atoms with van der Waals surface area (Å²) in [7, 11) is -4.12. The second-order valence-electron chi connectivity index (χ2n) is 7.74. The van der Waals surface area contributed by atoms with Crippen molar-refractivity contribution in [3.05, 3.63) is 0 Å². The Hall–Kier alpha value is -0.483. The van der Waals surface area contributed by atoms with E-state index in [1.165, 1.54) is 0 Å². The molecular weight excluding hydrogens is 350 g/mol. The molecule has 0 amide bonds. The van der Waals surface area contributed by atoms with Crippen molar-refractivity contribution in [1.29, 1.82) is 0 Å². The van der Waals surface area contributed by atoms with Gasteiger partial charge in [-0.1, -0.05) is 27.7 Å². The van der Waals surface area contributed by atoms with Gasteiger partial charge in [-0.2, -0.15) is 8.42 Å². The summed E-state index contributed by atoms with van der Waals surface area (Å²) in [5.41, 5.74) is 0. The first-order valence-corrected chi connectivity index (χ1v) is 12.8. The zero-order valence-electron chi connectivity index (χ0n) is 16.0. The largest absolute Gasteiger partial charge is 0.480 e. The Bertz CT molecular complexity index is 515. The second-order valence-corrected chi connectivity index (χ2v) is 14.1. The number of nitrogens with one attached hydrogen (secondary N) is 1. The van der Waals surface area contributed by atoms with Gasteiger partial charge in [0.25, 0.3) is 10.1 Å². The van der Waals surface area contributed by atoms with Gasteiger partial charge < -0.3 is 14.8 Å². The fraction of sp³-hybridized carbons (Fsp3) is 0.933. The fourth-order valence-electron chi connectivity index (χ4n) is 2.01. The van der Waals surface area contributed by atoms with E-state index in [0.717, 1.165) is 6.26 Å². The first-order chi connectivity index (χ1) is 10.6. The molecular formula is C15H33NO6SSi. The van der Waals surface area contributed by atoms with Gasteiger partial charge in [-0.15, -0.1) is 0 Å².